The third kappa shape index (κ3) is 3.98. The van der Waals surface area contributed by atoms with Gasteiger partial charge in [0.2, 0.25) is 0 Å². The van der Waals surface area contributed by atoms with Gasteiger partial charge in [0.25, 0.3) is 5.91 Å². The summed E-state index contributed by atoms with van der Waals surface area (Å²) in [7, 11) is 1.55. The maximum absolute atomic E-state index is 11.5. The summed E-state index contributed by atoms with van der Waals surface area (Å²) in [5, 5.41) is 11.1. The van der Waals surface area contributed by atoms with Crippen molar-refractivity contribution in [1.82, 2.24) is 0 Å². The van der Waals surface area contributed by atoms with E-state index in [1.54, 1.807) is 31.4 Å². The van der Waals surface area contributed by atoms with Crippen LogP contribution in [0.25, 0.3) is 0 Å². The van der Waals surface area contributed by atoms with Gasteiger partial charge in [-0.25, -0.2) is 4.79 Å². The number of carboxylic acid groups (broad SMARTS) is 1. The van der Waals surface area contributed by atoms with Crippen molar-refractivity contribution in [2.45, 2.75) is 6.92 Å². The first kappa shape index (κ1) is 12.8. The van der Waals surface area contributed by atoms with Gasteiger partial charge in [0.15, 0.2) is 0 Å². The summed E-state index contributed by atoms with van der Waals surface area (Å²) in [6, 6.07) is 6.74. The van der Waals surface area contributed by atoms with Crippen molar-refractivity contribution in [3.63, 3.8) is 0 Å². The number of rotatable bonds is 4. The number of methoxy groups -OCH3 is 1. The Kier molecular flexibility index (Phi) is 4.28. The van der Waals surface area contributed by atoms with Gasteiger partial charge < -0.3 is 15.2 Å². The Hall–Kier alpha value is -2.30. The van der Waals surface area contributed by atoms with Crippen molar-refractivity contribution >= 4 is 17.6 Å². The Balaban J connectivity index is 2.71. The average molecular weight is 235 g/mol. The summed E-state index contributed by atoms with van der Waals surface area (Å²) >= 11 is 0. The van der Waals surface area contributed by atoms with Crippen LogP contribution in [0.15, 0.2) is 35.9 Å². The number of carbonyl (C=O) groups excluding carboxylic acids is 1. The molecule has 0 aliphatic rings. The fourth-order valence-electron chi connectivity index (χ4n) is 1.15. The van der Waals surface area contributed by atoms with Crippen LogP contribution in [0.1, 0.15) is 6.92 Å². The van der Waals surface area contributed by atoms with Crippen molar-refractivity contribution in [1.29, 1.82) is 0 Å². The second-order valence-corrected chi connectivity index (χ2v) is 3.35. The first-order valence-electron chi connectivity index (χ1n) is 4.89. The molecule has 1 aromatic carbocycles. The molecule has 0 aromatic heterocycles. The van der Waals surface area contributed by atoms with Gasteiger partial charge in [-0.05, 0) is 31.2 Å². The third-order valence-electron chi connectivity index (χ3n) is 2.05. The Labute approximate surface area is 98.7 Å². The molecule has 17 heavy (non-hydrogen) atoms. The van der Waals surface area contributed by atoms with Crippen molar-refractivity contribution in [3.05, 3.63) is 35.9 Å². The van der Waals surface area contributed by atoms with Gasteiger partial charge in [-0.3, -0.25) is 4.79 Å². The number of hydrogen-bond donors (Lipinski definition) is 2. The highest BCUT2D eigenvalue weighted by Crippen LogP contribution is 2.15. The van der Waals surface area contributed by atoms with E-state index in [2.05, 4.69) is 5.32 Å². The minimum absolute atomic E-state index is 0.133. The highest BCUT2D eigenvalue weighted by atomic mass is 16.5. The van der Waals surface area contributed by atoms with E-state index < -0.39 is 11.9 Å². The second-order valence-electron chi connectivity index (χ2n) is 3.35. The lowest BCUT2D eigenvalue weighted by molar-refractivity contribution is -0.131. The zero-order valence-corrected chi connectivity index (χ0v) is 9.56. The fraction of sp³-hybridized carbons (Fsp3) is 0.167. The van der Waals surface area contributed by atoms with Crippen LogP contribution < -0.4 is 10.1 Å². The summed E-state index contributed by atoms with van der Waals surface area (Å²) in [6.45, 7) is 1.44. The molecule has 0 atom stereocenters. The number of aliphatic carboxylic acids is 1. The van der Waals surface area contributed by atoms with Crippen molar-refractivity contribution in [2.24, 2.45) is 0 Å². The van der Waals surface area contributed by atoms with Crippen LogP contribution in [-0.4, -0.2) is 24.1 Å². The lowest BCUT2D eigenvalue weighted by atomic mass is 10.2. The third-order valence-corrected chi connectivity index (χ3v) is 2.05. The summed E-state index contributed by atoms with van der Waals surface area (Å²) in [5.41, 5.74) is 0.710. The van der Waals surface area contributed by atoms with E-state index in [-0.39, 0.29) is 5.57 Å². The molecular formula is C12H13NO4. The molecule has 1 rings (SSSR count). The number of carbonyl (C=O) groups is 2. The lowest BCUT2D eigenvalue weighted by Gasteiger charge is -2.05. The van der Waals surface area contributed by atoms with Gasteiger partial charge in [0.1, 0.15) is 5.75 Å². The van der Waals surface area contributed by atoms with Crippen LogP contribution >= 0.6 is 0 Å². The molecule has 0 bridgehead atoms. The van der Waals surface area contributed by atoms with E-state index in [1.165, 1.54) is 6.92 Å². The molecule has 0 spiro atoms. The number of ether oxygens (including phenoxy) is 1. The maximum Gasteiger partial charge on any atom is 0.328 e. The van der Waals surface area contributed by atoms with Crippen molar-refractivity contribution < 1.29 is 19.4 Å². The van der Waals surface area contributed by atoms with Crippen LogP contribution in [-0.2, 0) is 9.59 Å². The Bertz CT molecular complexity index is 448. The maximum atomic E-state index is 11.5. The number of carboxylic acids is 1. The number of nitrogens with one attached hydrogen (secondary N) is 1. The minimum atomic E-state index is -1.15. The molecule has 0 aliphatic carbocycles. The first-order valence-corrected chi connectivity index (χ1v) is 4.89. The Morgan fingerprint density at radius 3 is 2.35 bits per heavy atom. The molecule has 5 heteroatoms. The number of anilines is 1. The number of amides is 1. The minimum Gasteiger partial charge on any atom is -0.497 e. The summed E-state index contributed by atoms with van der Waals surface area (Å²) < 4.78 is 4.97. The molecule has 1 aromatic rings. The average Bonchev–Trinajstić information content (AvgIpc) is 2.29. The summed E-state index contributed by atoms with van der Waals surface area (Å²) in [6.07, 6.45) is 0.860. The molecule has 0 saturated heterocycles. The number of hydrogen-bond acceptors (Lipinski definition) is 3. The van der Waals surface area contributed by atoms with Gasteiger partial charge in [0.05, 0.1) is 7.11 Å². The summed E-state index contributed by atoms with van der Waals surface area (Å²) in [5.74, 6) is -0.911. The van der Waals surface area contributed by atoms with E-state index in [4.69, 9.17) is 9.84 Å². The first-order chi connectivity index (χ1) is 8.02. The highest BCUT2D eigenvalue weighted by Gasteiger charge is 2.06. The smallest absolute Gasteiger partial charge is 0.328 e. The summed E-state index contributed by atoms with van der Waals surface area (Å²) in [4.78, 5) is 21.9. The molecule has 0 radical (unpaired) electrons. The molecule has 2 N–H and O–H groups in total. The van der Waals surface area contributed by atoms with Crippen LogP contribution in [0.4, 0.5) is 5.69 Å². The van der Waals surface area contributed by atoms with E-state index in [9.17, 15) is 9.59 Å². The lowest BCUT2D eigenvalue weighted by Crippen LogP contribution is -2.13. The van der Waals surface area contributed by atoms with E-state index >= 15 is 0 Å². The standard InChI is InChI=1S/C12H13NO4/c1-8(7-11(14)15)12(16)13-9-3-5-10(17-2)6-4-9/h3-7H,1-2H3,(H,13,16)(H,14,15)/b8-7-. The largest absolute Gasteiger partial charge is 0.497 e. The SMILES string of the molecule is COc1ccc(NC(=O)/C(C)=C\C(=O)O)cc1. The van der Waals surface area contributed by atoms with Crippen molar-refractivity contribution in [3.8, 4) is 5.75 Å². The topological polar surface area (TPSA) is 75.6 Å². The van der Waals surface area contributed by atoms with E-state index in [0.717, 1.165) is 6.08 Å². The molecule has 0 saturated carbocycles. The van der Waals surface area contributed by atoms with Crippen LogP contribution in [0, 0.1) is 0 Å². The van der Waals surface area contributed by atoms with Crippen LogP contribution in [0.2, 0.25) is 0 Å². The second kappa shape index (κ2) is 5.69. The molecule has 0 aliphatic heterocycles. The normalized spacial score (nSPS) is 10.8. The molecule has 0 unspecified atom stereocenters. The zero-order chi connectivity index (χ0) is 12.8. The molecular weight excluding hydrogens is 222 g/mol. The Morgan fingerprint density at radius 2 is 1.88 bits per heavy atom. The predicted octanol–water partition coefficient (Wildman–Crippen LogP) is 1.66. The quantitative estimate of drug-likeness (QED) is 0.778. The van der Waals surface area contributed by atoms with Gasteiger partial charge >= 0.3 is 5.97 Å². The van der Waals surface area contributed by atoms with E-state index in [1.807, 2.05) is 0 Å². The molecule has 1 amide bonds. The van der Waals surface area contributed by atoms with Gasteiger partial charge in [0, 0.05) is 17.3 Å². The molecule has 0 fully saturated rings. The van der Waals surface area contributed by atoms with Crippen LogP contribution in [0.5, 0.6) is 5.75 Å². The number of benzene rings is 1. The zero-order valence-electron chi connectivity index (χ0n) is 9.56. The van der Waals surface area contributed by atoms with Gasteiger partial charge in [-0.2, -0.15) is 0 Å². The molecule has 0 heterocycles. The highest BCUT2D eigenvalue weighted by molar-refractivity contribution is 6.06. The van der Waals surface area contributed by atoms with Gasteiger partial charge in [-0.1, -0.05) is 0 Å². The Morgan fingerprint density at radius 1 is 1.29 bits per heavy atom. The molecule has 5 nitrogen and oxygen atoms in total. The fourth-order valence-corrected chi connectivity index (χ4v) is 1.15. The van der Waals surface area contributed by atoms with Gasteiger partial charge in [-0.15, -0.1) is 0 Å². The molecule has 90 valence electrons. The van der Waals surface area contributed by atoms with Crippen LogP contribution in [0.3, 0.4) is 0 Å². The van der Waals surface area contributed by atoms with Crippen molar-refractivity contribution in [2.75, 3.05) is 12.4 Å². The monoisotopic (exact) mass is 235 g/mol. The van der Waals surface area contributed by atoms with E-state index in [0.29, 0.717) is 11.4 Å². The predicted molar refractivity (Wildman–Crippen MR) is 63.0 cm³/mol.